The Hall–Kier alpha value is -1.07. The van der Waals surface area contributed by atoms with Crippen molar-refractivity contribution in [2.75, 3.05) is 19.4 Å². The fourth-order valence-electron chi connectivity index (χ4n) is 1.35. The smallest absolute Gasteiger partial charge is 0.223 e. The summed E-state index contributed by atoms with van der Waals surface area (Å²) in [6, 6.07) is 6.33. The van der Waals surface area contributed by atoms with Gasteiger partial charge in [-0.3, -0.25) is 4.79 Å². The molecule has 1 rings (SSSR count). The molecule has 5 heteroatoms. The summed E-state index contributed by atoms with van der Waals surface area (Å²) < 4.78 is 13.3. The highest BCUT2D eigenvalue weighted by molar-refractivity contribution is 7.99. The Kier molecular flexibility index (Phi) is 6.15. The molecule has 1 unspecified atom stereocenters. The SMILES string of the molecule is CC(CO)N(C)C(=O)CCSc1ccccc1F. The molecule has 0 saturated carbocycles. The van der Waals surface area contributed by atoms with Crippen molar-refractivity contribution in [1.29, 1.82) is 0 Å². The number of carbonyl (C=O) groups is 1. The third-order valence-corrected chi connectivity index (χ3v) is 3.78. The van der Waals surface area contributed by atoms with Crippen LogP contribution >= 0.6 is 11.8 Å². The van der Waals surface area contributed by atoms with Gasteiger partial charge >= 0.3 is 0 Å². The zero-order chi connectivity index (χ0) is 13.5. The van der Waals surface area contributed by atoms with E-state index in [9.17, 15) is 9.18 Å². The van der Waals surface area contributed by atoms with Crippen molar-refractivity contribution in [2.24, 2.45) is 0 Å². The van der Waals surface area contributed by atoms with Crippen LogP contribution in [0.4, 0.5) is 4.39 Å². The van der Waals surface area contributed by atoms with Gasteiger partial charge in [-0.1, -0.05) is 12.1 Å². The Bertz CT molecular complexity index is 400. The molecule has 1 amide bonds. The van der Waals surface area contributed by atoms with E-state index in [-0.39, 0.29) is 24.4 Å². The standard InChI is InChI=1S/C13H18FNO2S/c1-10(9-16)15(2)13(17)7-8-18-12-6-4-3-5-11(12)14/h3-6,10,16H,7-9H2,1-2H3. The van der Waals surface area contributed by atoms with Crippen LogP contribution in [0.5, 0.6) is 0 Å². The number of aliphatic hydroxyl groups excluding tert-OH is 1. The molecule has 18 heavy (non-hydrogen) atoms. The first-order valence-electron chi connectivity index (χ1n) is 5.80. The van der Waals surface area contributed by atoms with Crippen LogP contribution in [0.1, 0.15) is 13.3 Å². The minimum absolute atomic E-state index is 0.0413. The number of benzene rings is 1. The molecule has 0 heterocycles. The lowest BCUT2D eigenvalue weighted by atomic mass is 10.3. The zero-order valence-corrected chi connectivity index (χ0v) is 11.4. The van der Waals surface area contributed by atoms with Crippen molar-refractivity contribution in [3.63, 3.8) is 0 Å². The van der Waals surface area contributed by atoms with E-state index in [1.165, 1.54) is 22.7 Å². The minimum Gasteiger partial charge on any atom is -0.394 e. The van der Waals surface area contributed by atoms with Crippen molar-refractivity contribution in [1.82, 2.24) is 4.90 Å². The summed E-state index contributed by atoms with van der Waals surface area (Å²) in [4.78, 5) is 13.8. The molecule has 0 fully saturated rings. The van der Waals surface area contributed by atoms with Crippen LogP contribution in [0.2, 0.25) is 0 Å². The molecule has 1 atom stereocenters. The quantitative estimate of drug-likeness (QED) is 0.806. The molecule has 1 aromatic carbocycles. The number of halogens is 1. The van der Waals surface area contributed by atoms with Gasteiger partial charge in [0.05, 0.1) is 12.6 Å². The first-order chi connectivity index (χ1) is 8.56. The number of carbonyl (C=O) groups excluding carboxylic acids is 1. The molecule has 0 spiro atoms. The Balaban J connectivity index is 2.38. The topological polar surface area (TPSA) is 40.5 Å². The molecule has 0 aromatic heterocycles. The Morgan fingerprint density at radius 1 is 1.50 bits per heavy atom. The van der Waals surface area contributed by atoms with Gasteiger partial charge in [-0.2, -0.15) is 0 Å². The van der Waals surface area contributed by atoms with Crippen LogP contribution in [-0.2, 0) is 4.79 Å². The summed E-state index contributed by atoms with van der Waals surface area (Å²) in [5.41, 5.74) is 0. The van der Waals surface area contributed by atoms with Crippen LogP contribution in [0, 0.1) is 5.82 Å². The molecule has 1 N–H and O–H groups in total. The summed E-state index contributed by atoms with van der Waals surface area (Å²) in [5, 5.41) is 8.95. The number of hydrogen-bond donors (Lipinski definition) is 1. The van der Waals surface area contributed by atoms with Crippen LogP contribution < -0.4 is 0 Å². The predicted molar refractivity (Wildman–Crippen MR) is 71.1 cm³/mol. The Labute approximate surface area is 111 Å². The van der Waals surface area contributed by atoms with Gasteiger partial charge in [-0.15, -0.1) is 11.8 Å². The van der Waals surface area contributed by atoms with Gasteiger partial charge in [0.2, 0.25) is 5.91 Å². The summed E-state index contributed by atoms with van der Waals surface area (Å²) in [6.07, 6.45) is 0.333. The van der Waals surface area contributed by atoms with Crippen LogP contribution in [0.25, 0.3) is 0 Å². The highest BCUT2D eigenvalue weighted by atomic mass is 32.2. The normalized spacial score (nSPS) is 12.2. The lowest BCUT2D eigenvalue weighted by Gasteiger charge is -2.23. The summed E-state index contributed by atoms with van der Waals surface area (Å²) in [6.45, 7) is 1.73. The Morgan fingerprint density at radius 2 is 2.17 bits per heavy atom. The number of aliphatic hydroxyl groups is 1. The summed E-state index contributed by atoms with van der Waals surface area (Å²) in [7, 11) is 1.66. The number of likely N-dealkylation sites (N-methyl/N-ethyl adjacent to an activating group) is 1. The van der Waals surface area contributed by atoms with Gasteiger partial charge in [0.1, 0.15) is 5.82 Å². The molecule has 0 radical (unpaired) electrons. The lowest BCUT2D eigenvalue weighted by Crippen LogP contribution is -2.37. The van der Waals surface area contributed by atoms with Crippen molar-refractivity contribution in [3.8, 4) is 0 Å². The third kappa shape index (κ3) is 4.31. The van der Waals surface area contributed by atoms with Crippen LogP contribution in [-0.4, -0.2) is 41.4 Å². The molecule has 0 aliphatic heterocycles. The molecule has 0 bridgehead atoms. The van der Waals surface area contributed by atoms with Gasteiger partial charge in [-0.25, -0.2) is 4.39 Å². The molecule has 0 aliphatic carbocycles. The van der Waals surface area contributed by atoms with Crippen molar-refractivity contribution >= 4 is 17.7 Å². The monoisotopic (exact) mass is 271 g/mol. The number of hydrogen-bond acceptors (Lipinski definition) is 3. The van der Waals surface area contributed by atoms with Crippen LogP contribution in [0.3, 0.4) is 0 Å². The number of thioether (sulfide) groups is 1. The highest BCUT2D eigenvalue weighted by Crippen LogP contribution is 2.22. The fourth-order valence-corrected chi connectivity index (χ4v) is 2.23. The maximum absolute atomic E-state index is 13.3. The van der Waals surface area contributed by atoms with Crippen molar-refractivity contribution < 1.29 is 14.3 Å². The second kappa shape index (κ2) is 7.38. The second-order valence-corrected chi connectivity index (χ2v) is 5.20. The first kappa shape index (κ1) is 15.0. The van der Waals surface area contributed by atoms with Crippen LogP contribution in [0.15, 0.2) is 29.2 Å². The predicted octanol–water partition coefficient (Wildman–Crippen LogP) is 2.15. The van der Waals surface area contributed by atoms with Gasteiger partial charge in [0.15, 0.2) is 0 Å². The first-order valence-corrected chi connectivity index (χ1v) is 6.78. The highest BCUT2D eigenvalue weighted by Gasteiger charge is 2.14. The number of nitrogens with zero attached hydrogens (tertiary/aromatic N) is 1. The minimum atomic E-state index is -0.257. The molecule has 0 aliphatic rings. The Morgan fingerprint density at radius 3 is 2.78 bits per heavy atom. The average Bonchev–Trinajstić information content (AvgIpc) is 2.39. The molecule has 1 aromatic rings. The van der Waals surface area contributed by atoms with E-state index in [1.54, 1.807) is 32.2 Å². The van der Waals surface area contributed by atoms with E-state index < -0.39 is 0 Å². The van der Waals surface area contributed by atoms with Gasteiger partial charge in [-0.05, 0) is 19.1 Å². The number of rotatable bonds is 6. The summed E-state index contributed by atoms with van der Waals surface area (Å²) in [5.74, 6) is 0.231. The largest absolute Gasteiger partial charge is 0.394 e. The van der Waals surface area contributed by atoms with Crippen molar-refractivity contribution in [2.45, 2.75) is 24.3 Å². The van der Waals surface area contributed by atoms with Gasteiger partial charge < -0.3 is 10.0 Å². The lowest BCUT2D eigenvalue weighted by molar-refractivity contribution is -0.131. The van der Waals surface area contributed by atoms with E-state index in [0.29, 0.717) is 17.1 Å². The molecule has 3 nitrogen and oxygen atoms in total. The zero-order valence-electron chi connectivity index (χ0n) is 10.6. The third-order valence-electron chi connectivity index (χ3n) is 2.73. The van der Waals surface area contributed by atoms with E-state index >= 15 is 0 Å². The van der Waals surface area contributed by atoms with E-state index in [2.05, 4.69) is 0 Å². The maximum atomic E-state index is 13.3. The van der Waals surface area contributed by atoms with E-state index in [1.807, 2.05) is 0 Å². The maximum Gasteiger partial charge on any atom is 0.223 e. The summed E-state index contributed by atoms with van der Waals surface area (Å²) >= 11 is 1.33. The van der Waals surface area contributed by atoms with E-state index in [4.69, 9.17) is 5.11 Å². The van der Waals surface area contributed by atoms with Crippen molar-refractivity contribution in [3.05, 3.63) is 30.1 Å². The number of amides is 1. The van der Waals surface area contributed by atoms with Gasteiger partial charge in [0, 0.05) is 24.1 Å². The molecule has 0 saturated heterocycles. The van der Waals surface area contributed by atoms with Gasteiger partial charge in [0.25, 0.3) is 0 Å². The average molecular weight is 271 g/mol. The second-order valence-electron chi connectivity index (χ2n) is 4.07. The molecule has 100 valence electrons. The fraction of sp³-hybridized carbons (Fsp3) is 0.462. The molecular formula is C13H18FNO2S. The van der Waals surface area contributed by atoms with E-state index in [0.717, 1.165) is 0 Å². The molecular weight excluding hydrogens is 253 g/mol.